The normalized spacial score (nSPS) is 18.4. The van der Waals surface area contributed by atoms with Crippen molar-refractivity contribution in [1.82, 2.24) is 14.6 Å². The molecule has 0 spiro atoms. The molecule has 1 saturated heterocycles. The molecule has 0 aromatic heterocycles. The zero-order valence-electron chi connectivity index (χ0n) is 55.2. The lowest BCUT2D eigenvalue weighted by molar-refractivity contribution is -0.415. The summed E-state index contributed by atoms with van der Waals surface area (Å²) in [6, 6.07) is 0. The highest BCUT2D eigenvalue weighted by molar-refractivity contribution is 7.92. The van der Waals surface area contributed by atoms with Crippen LogP contribution in [0.1, 0.15) is 0 Å². The minimum atomic E-state index is -10.6. The fourth-order valence-corrected chi connectivity index (χ4v) is 18.2. The van der Waals surface area contributed by atoms with Gasteiger partial charge in [-0.2, -0.15) is 291 Å². The van der Waals surface area contributed by atoms with E-state index < -0.39 is 294 Å². The van der Waals surface area contributed by atoms with Gasteiger partial charge in [-0.1, -0.05) is 0 Å². The first kappa shape index (κ1) is 120. The van der Waals surface area contributed by atoms with Gasteiger partial charge in [0.1, 0.15) is 0 Å². The molecule has 0 saturated carbocycles. The summed E-state index contributed by atoms with van der Waals surface area (Å²) in [5.74, 6) is -283. The summed E-state index contributed by atoms with van der Waals surface area (Å²) in [7, 11) is -31.9. The largest absolute Gasteiger partial charge is 0.510 e. The summed E-state index contributed by atoms with van der Waals surface area (Å²) < 4.78 is 1060. The maximum atomic E-state index is 15.8. The van der Waals surface area contributed by atoms with Crippen molar-refractivity contribution < 1.29 is 343 Å². The lowest BCUT2D eigenvalue weighted by Gasteiger charge is -2.42. The third kappa shape index (κ3) is 17.9. The van der Waals surface area contributed by atoms with Gasteiger partial charge in [0.05, 0.1) is 14.6 Å². The minimum absolute atomic E-state index is 1.41. The van der Waals surface area contributed by atoms with E-state index in [1.54, 1.807) is 0 Å². The Kier molecular flexibility index (Phi) is 32.1. The molecule has 0 aromatic rings. The lowest BCUT2D eigenvalue weighted by Crippen LogP contribution is -2.70. The van der Waals surface area contributed by atoms with Gasteiger partial charge in [-0.15, -0.1) is 0 Å². The first-order valence-corrected chi connectivity index (χ1v) is 32.9. The van der Waals surface area contributed by atoms with E-state index in [0.29, 0.717) is 0 Å². The summed E-state index contributed by atoms with van der Waals surface area (Å²) in [6.45, 7) is -37.5. The molecule has 0 amide bonds. The van der Waals surface area contributed by atoms with Crippen molar-refractivity contribution in [2.45, 2.75) is 216 Å². The van der Waals surface area contributed by atoms with E-state index in [9.17, 15) is 211 Å². The van der Waals surface area contributed by atoms with Crippen molar-refractivity contribution in [2.75, 3.05) is 39.6 Å². The van der Waals surface area contributed by atoms with Crippen LogP contribution in [0.15, 0.2) is 0 Å². The Hall–Kier alpha value is -4.11. The molecule has 1 aliphatic rings. The van der Waals surface area contributed by atoms with Crippen LogP contribution >= 0.6 is 24.1 Å². The average molecular weight is 2120 g/mol. The number of nitrogens with one attached hydrogen (secondary N) is 3. The van der Waals surface area contributed by atoms with Crippen LogP contribution < -0.4 is 14.6 Å². The minimum Gasteiger partial charge on any atom is -0.203 e. The van der Waals surface area contributed by atoms with Gasteiger partial charge in [0.15, 0.2) is 39.6 Å². The zero-order valence-corrected chi connectivity index (χ0v) is 57.9. The number of rotatable bonds is 48. The molecular formula is C42H21F72N3O6P3+3. The SMILES string of the molecule is FC(F)C(F)(F)C(F)(F)C(F)(F)C(F)(F)C(F)(F)CO[P+]1(OCC(F)(F)C(F)(F)C(F)(F)C(F)(F)C(F)(F)C(F)F)N[P+](OCC(F)(F)C(F)(F)C(F)(F)C(F)(F)C(F)(F)C(F)F)(OCC(F)(F)C(F)(F)C(F)(F)C(F)(F)C(F)(F)C(F)F)N[P+](OCC(F)(F)C(F)(F)C(F)(F)C(F)(F)C(F)(F)C(F)F)(OCC(F)(F)C(F)(F)C(F)(F)C(F)(F)C(F)(F)C(F)F)N1. The Morgan fingerprint density at radius 1 is 0.135 bits per heavy atom. The van der Waals surface area contributed by atoms with Gasteiger partial charge in [-0.3, -0.25) is 0 Å². The standard InChI is InChI=1S/C42H21F72N3O6P3/c43-7(44)19(67,68)31(91,92)37(103,104)25(79,80)13(55,56)1-118-124(119-2-14(57,58)26(81,82)38(105,106)32(93,94)20(69,70)8(45)46)115-125(120-3-15(59,60)27(83,84)39(107,108)33(95,96)21(71,72)9(47)48,121-4-16(61,62)28(85,86)40(109,110)34(97,98)22(73,74)10(49)50)117-126(116-124,122-5-17(63,64)29(87,88)41(111,112)35(99,100)23(75,76)11(51)52)123-6-18(65,66)30(89,90)42(113,114)36(101,102)24(77,78)12(53)54/h7-12,115-117H,1-6H2/q+3. The molecule has 126 heavy (non-hydrogen) atoms. The highest BCUT2D eigenvalue weighted by atomic mass is 31.3. The van der Waals surface area contributed by atoms with Crippen LogP contribution in [0.2, 0.25) is 0 Å². The molecule has 0 atom stereocenters. The zero-order chi connectivity index (χ0) is 103. The summed E-state index contributed by atoms with van der Waals surface area (Å²) in [4.78, 5) is -4.23. The fraction of sp³-hybridized carbons (Fsp3) is 1.00. The van der Waals surface area contributed by atoms with E-state index in [-0.39, 0.29) is 0 Å². The van der Waals surface area contributed by atoms with Crippen molar-refractivity contribution in [3.05, 3.63) is 0 Å². The maximum Gasteiger partial charge on any atom is 0.510 e. The second kappa shape index (κ2) is 33.8. The monoisotopic (exact) mass is 2120 g/mol. The van der Waals surface area contributed by atoms with Gasteiger partial charge in [0.25, 0.3) is 0 Å². The molecule has 0 unspecified atom stereocenters. The third-order valence-electron chi connectivity index (χ3n) is 15.0. The van der Waals surface area contributed by atoms with E-state index in [2.05, 4.69) is 27.1 Å². The molecule has 0 bridgehead atoms. The predicted octanol–water partition coefficient (Wildman–Crippen LogP) is 24.6. The van der Waals surface area contributed by atoms with Gasteiger partial charge in [0, 0.05) is 0 Å². The highest BCUT2D eigenvalue weighted by Gasteiger charge is 2.97. The van der Waals surface area contributed by atoms with E-state index in [1.165, 1.54) is 0 Å². The van der Waals surface area contributed by atoms with Gasteiger partial charge < -0.3 is 0 Å². The van der Waals surface area contributed by atoms with E-state index in [0.717, 1.165) is 0 Å². The fourth-order valence-electron chi connectivity index (χ4n) is 7.26. The maximum absolute atomic E-state index is 15.8. The van der Waals surface area contributed by atoms with Crippen LogP contribution in [0.3, 0.4) is 0 Å². The van der Waals surface area contributed by atoms with E-state index in [1.807, 2.05) is 0 Å². The first-order chi connectivity index (χ1) is 54.0. The van der Waals surface area contributed by atoms with Gasteiger partial charge in [-0.05, 0) is 0 Å². The van der Waals surface area contributed by atoms with Gasteiger partial charge in [0.2, 0.25) is 0 Å². The second-order valence-corrected chi connectivity index (χ2v) is 31.0. The molecule has 1 fully saturated rings. The van der Waals surface area contributed by atoms with Gasteiger partial charge in [-0.25, -0.2) is 52.7 Å². The molecule has 1 aliphatic heterocycles. The molecule has 9 nitrogen and oxygen atoms in total. The second-order valence-electron chi connectivity index (χ2n) is 23.7. The van der Waals surface area contributed by atoms with Crippen LogP contribution in [0, 0.1) is 0 Å². The molecule has 0 aliphatic carbocycles. The Bertz CT molecular complexity index is 3080. The van der Waals surface area contributed by atoms with Crippen molar-refractivity contribution in [3.8, 4) is 0 Å². The summed E-state index contributed by atoms with van der Waals surface area (Å²) >= 11 is 0. The van der Waals surface area contributed by atoms with Gasteiger partial charge >= 0.3 is 240 Å². The molecule has 1 rings (SSSR count). The van der Waals surface area contributed by atoms with Crippen molar-refractivity contribution in [2.24, 2.45) is 0 Å². The summed E-state index contributed by atoms with van der Waals surface area (Å²) in [5, 5.41) is 0. The van der Waals surface area contributed by atoms with Crippen molar-refractivity contribution in [1.29, 1.82) is 0 Å². The summed E-state index contributed by atoms with van der Waals surface area (Å²) in [5.41, 5.74) is 0. The Morgan fingerprint density at radius 3 is 0.286 bits per heavy atom. The summed E-state index contributed by atoms with van der Waals surface area (Å²) in [6.07, 6.45) is -42.0. The Balaban J connectivity index is 6.19. The molecule has 0 aromatic carbocycles. The first-order valence-electron chi connectivity index (χ1n) is 28.0. The van der Waals surface area contributed by atoms with E-state index in [4.69, 9.17) is 0 Å². The van der Waals surface area contributed by atoms with Crippen LogP contribution in [-0.4, -0.2) is 256 Å². The number of halogens is 72. The van der Waals surface area contributed by atoms with Crippen LogP contribution in [0.25, 0.3) is 0 Å². The number of hydrogen-bond acceptors (Lipinski definition) is 9. The topological polar surface area (TPSA) is 91.5 Å². The quantitative estimate of drug-likeness (QED) is 0.0407. The Morgan fingerprint density at radius 2 is 0.214 bits per heavy atom. The van der Waals surface area contributed by atoms with Crippen LogP contribution in [0.5, 0.6) is 0 Å². The molecule has 0 radical (unpaired) electrons. The predicted molar refractivity (Wildman–Crippen MR) is 250 cm³/mol. The average Bonchev–Trinajstić information content (AvgIpc) is 0.634. The number of alkyl halides is 72. The highest BCUT2D eigenvalue weighted by Crippen LogP contribution is 2.84. The smallest absolute Gasteiger partial charge is 0.203 e. The molecule has 3 N–H and O–H groups in total. The van der Waals surface area contributed by atoms with Crippen molar-refractivity contribution in [3.63, 3.8) is 0 Å². The van der Waals surface area contributed by atoms with Crippen molar-refractivity contribution >= 4 is 24.1 Å². The van der Waals surface area contributed by atoms with Crippen LogP contribution in [0.4, 0.5) is 316 Å². The molecule has 84 heteroatoms. The number of hydrogen-bond donors (Lipinski definition) is 3. The lowest BCUT2D eigenvalue weighted by atomic mass is 9.95. The molecular weight excluding hydrogens is 2100 g/mol. The Labute approximate surface area is 638 Å². The van der Waals surface area contributed by atoms with E-state index >= 15 is 105 Å². The molecule has 756 valence electrons. The van der Waals surface area contributed by atoms with Crippen LogP contribution in [-0.2, 0) is 27.1 Å². The third-order valence-corrected chi connectivity index (χ3v) is 24.3. The molecule has 1 heterocycles.